The lowest BCUT2D eigenvalue weighted by atomic mass is 10.1. The van der Waals surface area contributed by atoms with Crippen LogP contribution in [0.4, 0.5) is 0 Å². The molecule has 1 aromatic heterocycles. The van der Waals surface area contributed by atoms with E-state index in [0.717, 1.165) is 5.56 Å². The van der Waals surface area contributed by atoms with E-state index in [1.54, 1.807) is 43.3 Å². The molecule has 2 aromatic carbocycles. The number of carbonyl (C=O) groups is 1. The summed E-state index contributed by atoms with van der Waals surface area (Å²) in [6, 6.07) is 15.2. The zero-order valence-electron chi connectivity index (χ0n) is 15.6. The van der Waals surface area contributed by atoms with Crippen molar-refractivity contribution in [2.45, 2.75) is 18.7 Å². The van der Waals surface area contributed by atoms with Crippen LogP contribution in [0.1, 0.15) is 22.0 Å². The zero-order valence-corrected chi connectivity index (χ0v) is 16.4. The van der Waals surface area contributed by atoms with Gasteiger partial charge in [0.2, 0.25) is 10.0 Å². The largest absolute Gasteiger partial charge is 0.446 e. The third-order valence-electron chi connectivity index (χ3n) is 4.08. The van der Waals surface area contributed by atoms with Gasteiger partial charge in [-0.05, 0) is 31.2 Å². The monoisotopic (exact) mass is 399 g/mol. The van der Waals surface area contributed by atoms with Crippen molar-refractivity contribution in [2.24, 2.45) is 0 Å². The maximum atomic E-state index is 12.4. The normalized spacial score (nSPS) is 11.4. The topological polar surface area (TPSA) is 101 Å². The van der Waals surface area contributed by atoms with E-state index >= 15 is 0 Å². The highest BCUT2D eigenvalue weighted by atomic mass is 32.2. The molecule has 28 heavy (non-hydrogen) atoms. The lowest BCUT2D eigenvalue weighted by molar-refractivity contribution is 0.0954. The van der Waals surface area contributed by atoms with Crippen molar-refractivity contribution >= 4 is 15.9 Å². The van der Waals surface area contributed by atoms with Crippen molar-refractivity contribution in [1.29, 1.82) is 0 Å². The summed E-state index contributed by atoms with van der Waals surface area (Å²) in [5, 5.41) is 2.68. The fourth-order valence-corrected chi connectivity index (χ4v) is 3.76. The number of hydrogen-bond acceptors (Lipinski definition) is 5. The number of carbonyl (C=O) groups excluding carboxylic acids is 1. The van der Waals surface area contributed by atoms with E-state index in [9.17, 15) is 13.2 Å². The number of nitrogens with zero attached hydrogens (tertiary/aromatic N) is 1. The fraction of sp³-hybridized carbons (Fsp3) is 0.200. The lowest BCUT2D eigenvalue weighted by Crippen LogP contribution is -2.34. The van der Waals surface area contributed by atoms with Crippen molar-refractivity contribution in [2.75, 3.05) is 13.1 Å². The Morgan fingerprint density at radius 2 is 1.68 bits per heavy atom. The Balaban J connectivity index is 1.57. The first-order valence-electron chi connectivity index (χ1n) is 8.74. The number of amides is 1. The highest BCUT2D eigenvalue weighted by molar-refractivity contribution is 7.89. The number of aromatic nitrogens is 1. The van der Waals surface area contributed by atoms with E-state index in [2.05, 4.69) is 15.0 Å². The molecule has 0 unspecified atom stereocenters. The minimum atomic E-state index is -3.67. The maximum absolute atomic E-state index is 12.4. The molecule has 0 saturated carbocycles. The number of benzene rings is 2. The standard InChI is InChI=1S/C20H21N3O4S/c1-14-19(23-15(2)27-14)16-8-10-18(11-9-16)28(25,26)22-13-12-21-20(24)17-6-4-3-5-7-17/h3-11,22H,12-13H2,1-2H3,(H,21,24). The van der Waals surface area contributed by atoms with Crippen molar-refractivity contribution in [1.82, 2.24) is 15.0 Å². The lowest BCUT2D eigenvalue weighted by Gasteiger charge is -2.09. The van der Waals surface area contributed by atoms with Crippen LogP contribution < -0.4 is 10.0 Å². The first kappa shape index (κ1) is 19.8. The highest BCUT2D eigenvalue weighted by Gasteiger charge is 2.15. The second-order valence-corrected chi connectivity index (χ2v) is 7.95. The predicted octanol–water partition coefficient (Wildman–Crippen LogP) is 2.67. The molecular formula is C20H21N3O4S. The molecule has 1 amide bonds. The molecule has 7 nitrogen and oxygen atoms in total. The highest BCUT2D eigenvalue weighted by Crippen LogP contribution is 2.24. The summed E-state index contributed by atoms with van der Waals surface area (Å²) < 4.78 is 32.7. The summed E-state index contributed by atoms with van der Waals surface area (Å²) in [6.07, 6.45) is 0. The molecule has 8 heteroatoms. The average molecular weight is 399 g/mol. The van der Waals surface area contributed by atoms with Crippen LogP contribution in [-0.4, -0.2) is 32.4 Å². The summed E-state index contributed by atoms with van der Waals surface area (Å²) in [5.41, 5.74) is 2.00. The zero-order chi connectivity index (χ0) is 20.1. The molecule has 2 N–H and O–H groups in total. The van der Waals surface area contributed by atoms with Gasteiger partial charge in [-0.2, -0.15) is 0 Å². The van der Waals surface area contributed by atoms with Gasteiger partial charge in [-0.3, -0.25) is 4.79 Å². The Bertz CT molecular complexity index is 1060. The van der Waals surface area contributed by atoms with Crippen molar-refractivity contribution < 1.29 is 17.6 Å². The molecule has 3 rings (SSSR count). The van der Waals surface area contributed by atoms with Gasteiger partial charge in [0.1, 0.15) is 11.5 Å². The van der Waals surface area contributed by atoms with Crippen molar-refractivity contribution in [3.8, 4) is 11.3 Å². The molecule has 0 fully saturated rings. The SMILES string of the molecule is Cc1nc(-c2ccc(S(=O)(=O)NCCNC(=O)c3ccccc3)cc2)c(C)o1. The van der Waals surface area contributed by atoms with E-state index in [0.29, 0.717) is 22.9 Å². The summed E-state index contributed by atoms with van der Waals surface area (Å²) in [4.78, 5) is 16.4. The fourth-order valence-electron chi connectivity index (χ4n) is 2.73. The number of hydrogen-bond donors (Lipinski definition) is 2. The second kappa shape index (κ2) is 8.37. The van der Waals surface area contributed by atoms with Gasteiger partial charge in [0, 0.05) is 31.1 Å². The Morgan fingerprint density at radius 3 is 2.29 bits per heavy atom. The first-order chi connectivity index (χ1) is 13.4. The molecule has 0 atom stereocenters. The third kappa shape index (κ3) is 4.65. The summed E-state index contributed by atoms with van der Waals surface area (Å²) in [7, 11) is -3.67. The molecule has 0 spiro atoms. The number of oxazole rings is 1. The van der Waals surface area contributed by atoms with Crippen LogP contribution in [0.25, 0.3) is 11.3 Å². The molecule has 0 bridgehead atoms. The van der Waals surface area contributed by atoms with Crippen LogP contribution in [0.2, 0.25) is 0 Å². The van der Waals surface area contributed by atoms with Gasteiger partial charge in [-0.25, -0.2) is 18.1 Å². The van der Waals surface area contributed by atoms with Crippen LogP contribution in [0.15, 0.2) is 63.9 Å². The van der Waals surface area contributed by atoms with E-state index in [1.807, 2.05) is 13.0 Å². The summed E-state index contributed by atoms with van der Waals surface area (Å²) in [6.45, 7) is 3.84. The van der Waals surface area contributed by atoms with E-state index in [1.165, 1.54) is 12.1 Å². The predicted molar refractivity (Wildman–Crippen MR) is 105 cm³/mol. The van der Waals surface area contributed by atoms with Crippen LogP contribution in [0, 0.1) is 13.8 Å². The molecular weight excluding hydrogens is 378 g/mol. The molecule has 0 saturated heterocycles. The van der Waals surface area contributed by atoms with Gasteiger partial charge in [0.15, 0.2) is 5.89 Å². The molecule has 0 aliphatic heterocycles. The van der Waals surface area contributed by atoms with Gasteiger partial charge in [-0.1, -0.05) is 30.3 Å². The molecule has 1 heterocycles. The molecule has 0 radical (unpaired) electrons. The molecule has 3 aromatic rings. The van der Waals surface area contributed by atoms with Crippen molar-refractivity contribution in [3.63, 3.8) is 0 Å². The number of sulfonamides is 1. The van der Waals surface area contributed by atoms with Crippen molar-refractivity contribution in [3.05, 3.63) is 71.8 Å². The van der Waals surface area contributed by atoms with Gasteiger partial charge in [0.25, 0.3) is 5.91 Å². The maximum Gasteiger partial charge on any atom is 0.251 e. The third-order valence-corrected chi connectivity index (χ3v) is 5.56. The summed E-state index contributed by atoms with van der Waals surface area (Å²) in [5.74, 6) is 0.992. The van der Waals surface area contributed by atoms with E-state index < -0.39 is 10.0 Å². The average Bonchev–Trinajstić information content (AvgIpc) is 3.04. The van der Waals surface area contributed by atoms with Crippen LogP contribution in [0.3, 0.4) is 0 Å². The smallest absolute Gasteiger partial charge is 0.251 e. The van der Waals surface area contributed by atoms with Crippen LogP contribution in [-0.2, 0) is 10.0 Å². The van der Waals surface area contributed by atoms with Gasteiger partial charge in [-0.15, -0.1) is 0 Å². The minimum Gasteiger partial charge on any atom is -0.446 e. The van der Waals surface area contributed by atoms with E-state index in [-0.39, 0.29) is 23.9 Å². The Hall–Kier alpha value is -2.97. The number of nitrogens with one attached hydrogen (secondary N) is 2. The van der Waals surface area contributed by atoms with Gasteiger partial charge >= 0.3 is 0 Å². The Labute approximate surface area is 163 Å². The molecule has 146 valence electrons. The Kier molecular flexibility index (Phi) is 5.91. The minimum absolute atomic E-state index is 0.0875. The first-order valence-corrected chi connectivity index (χ1v) is 10.2. The number of aryl methyl sites for hydroxylation is 2. The van der Waals surface area contributed by atoms with E-state index in [4.69, 9.17) is 4.42 Å². The number of rotatable bonds is 7. The quantitative estimate of drug-likeness (QED) is 0.595. The van der Waals surface area contributed by atoms with Crippen LogP contribution in [0.5, 0.6) is 0 Å². The second-order valence-electron chi connectivity index (χ2n) is 6.18. The van der Waals surface area contributed by atoms with Crippen LogP contribution >= 0.6 is 0 Å². The molecule has 0 aliphatic rings. The Morgan fingerprint density at radius 1 is 1.00 bits per heavy atom. The van der Waals surface area contributed by atoms with Gasteiger partial charge in [0.05, 0.1) is 4.90 Å². The summed E-state index contributed by atoms with van der Waals surface area (Å²) >= 11 is 0. The molecule has 0 aliphatic carbocycles. The van der Waals surface area contributed by atoms with Gasteiger partial charge < -0.3 is 9.73 Å².